The molecule has 0 aromatic carbocycles. The highest BCUT2D eigenvalue weighted by Gasteiger charge is 2.20. The summed E-state index contributed by atoms with van der Waals surface area (Å²) in [4.78, 5) is 17.7. The molecule has 0 aromatic rings. The van der Waals surface area contributed by atoms with Gasteiger partial charge in [-0.3, -0.25) is 9.69 Å². The number of carbonyl (C=O) groups is 1. The first kappa shape index (κ1) is 18.4. The third kappa shape index (κ3) is 5.61. The number of nitriles is 1. The Labute approximate surface area is 131 Å². The van der Waals surface area contributed by atoms with E-state index >= 15 is 0 Å². The summed E-state index contributed by atoms with van der Waals surface area (Å²) >= 11 is 0. The minimum absolute atomic E-state index is 0.0224. The van der Waals surface area contributed by atoms with Crippen LogP contribution in [0.1, 0.15) is 0 Å². The molecule has 0 radical (unpaired) electrons. The van der Waals surface area contributed by atoms with Gasteiger partial charge in [-0.1, -0.05) is 0 Å². The Morgan fingerprint density at radius 3 is 2.27 bits per heavy atom. The van der Waals surface area contributed by atoms with Crippen molar-refractivity contribution in [2.24, 2.45) is 5.73 Å². The molecule has 0 aromatic heterocycles. The average Bonchev–Trinajstić information content (AvgIpc) is 2.53. The van der Waals surface area contributed by atoms with Gasteiger partial charge in [0.25, 0.3) is 5.91 Å². The van der Waals surface area contributed by atoms with Crippen LogP contribution in [0.25, 0.3) is 0 Å². The summed E-state index contributed by atoms with van der Waals surface area (Å²) in [5.74, 6) is -0.463. The molecule has 8 nitrogen and oxygen atoms in total. The Hall–Kier alpha value is -1.66. The van der Waals surface area contributed by atoms with Crippen LogP contribution in [0.15, 0.2) is 11.8 Å². The van der Waals surface area contributed by atoms with Gasteiger partial charge in [0.15, 0.2) is 0 Å². The van der Waals surface area contributed by atoms with E-state index in [4.69, 9.17) is 15.9 Å². The minimum atomic E-state index is -0.463. The number of piperazine rings is 1. The fourth-order valence-corrected chi connectivity index (χ4v) is 2.34. The Morgan fingerprint density at radius 1 is 1.23 bits per heavy atom. The van der Waals surface area contributed by atoms with Crippen molar-refractivity contribution >= 4 is 5.91 Å². The van der Waals surface area contributed by atoms with E-state index in [0.717, 1.165) is 32.7 Å². The van der Waals surface area contributed by atoms with Crippen molar-refractivity contribution in [2.75, 3.05) is 65.6 Å². The van der Waals surface area contributed by atoms with Gasteiger partial charge < -0.3 is 25.7 Å². The summed E-state index contributed by atoms with van der Waals surface area (Å²) in [7, 11) is 0. The molecule has 8 heteroatoms. The molecule has 1 aliphatic heterocycles. The van der Waals surface area contributed by atoms with E-state index in [9.17, 15) is 10.1 Å². The first-order valence-electron chi connectivity index (χ1n) is 7.45. The molecule has 124 valence electrons. The van der Waals surface area contributed by atoms with Crippen molar-refractivity contribution < 1.29 is 15.0 Å². The number of hydrogen-bond acceptors (Lipinski definition) is 7. The molecule has 0 spiro atoms. The zero-order chi connectivity index (χ0) is 16.4. The molecule has 1 fully saturated rings. The summed E-state index contributed by atoms with van der Waals surface area (Å²) in [6.45, 7) is 4.42. The van der Waals surface area contributed by atoms with Crippen LogP contribution in [0.5, 0.6) is 0 Å². The van der Waals surface area contributed by atoms with Crippen LogP contribution in [0.2, 0.25) is 0 Å². The third-order valence-corrected chi connectivity index (χ3v) is 3.54. The monoisotopic (exact) mass is 311 g/mol. The second-order valence-corrected chi connectivity index (χ2v) is 5.06. The van der Waals surface area contributed by atoms with Crippen molar-refractivity contribution in [2.45, 2.75) is 0 Å². The van der Waals surface area contributed by atoms with Gasteiger partial charge in [-0.05, 0) is 0 Å². The highest BCUT2D eigenvalue weighted by molar-refractivity contribution is 5.97. The lowest BCUT2D eigenvalue weighted by atomic mass is 10.2. The van der Waals surface area contributed by atoms with E-state index < -0.39 is 5.91 Å². The number of nitrogens with two attached hydrogens (primary N) is 1. The number of hydrogen-bond donors (Lipinski definition) is 3. The Bertz CT molecular complexity index is 407. The summed E-state index contributed by atoms with van der Waals surface area (Å²) in [5, 5.41) is 27.1. The number of aliphatic hydroxyl groups excluding tert-OH is 2. The van der Waals surface area contributed by atoms with Crippen LogP contribution >= 0.6 is 0 Å². The fourth-order valence-electron chi connectivity index (χ4n) is 2.34. The van der Waals surface area contributed by atoms with Gasteiger partial charge in [0.05, 0.1) is 13.2 Å². The second-order valence-electron chi connectivity index (χ2n) is 5.06. The zero-order valence-electron chi connectivity index (χ0n) is 12.8. The van der Waals surface area contributed by atoms with Crippen LogP contribution in [0, 0.1) is 11.3 Å². The molecule has 0 atom stereocenters. The number of carbonyl (C=O) groups excluding carboxylic acids is 1. The van der Waals surface area contributed by atoms with E-state index in [-0.39, 0.29) is 31.9 Å². The van der Waals surface area contributed by atoms with E-state index in [2.05, 4.69) is 4.90 Å². The maximum Gasteiger partial charge on any atom is 0.266 e. The Balaban J connectivity index is 2.66. The molecule has 0 bridgehead atoms. The van der Waals surface area contributed by atoms with Crippen LogP contribution in [-0.4, -0.2) is 96.4 Å². The number of aliphatic hydroxyl groups is 2. The van der Waals surface area contributed by atoms with Gasteiger partial charge in [-0.15, -0.1) is 0 Å². The lowest BCUT2D eigenvalue weighted by molar-refractivity contribution is -0.127. The minimum Gasteiger partial charge on any atom is -0.395 e. The van der Waals surface area contributed by atoms with Crippen LogP contribution < -0.4 is 5.73 Å². The number of nitrogens with zero attached hydrogens (tertiary/aromatic N) is 4. The van der Waals surface area contributed by atoms with Crippen molar-refractivity contribution in [3.63, 3.8) is 0 Å². The van der Waals surface area contributed by atoms with Gasteiger partial charge >= 0.3 is 0 Å². The summed E-state index contributed by atoms with van der Waals surface area (Å²) in [5.41, 5.74) is 5.55. The van der Waals surface area contributed by atoms with E-state index in [1.54, 1.807) is 6.20 Å². The van der Waals surface area contributed by atoms with Gasteiger partial charge in [0.2, 0.25) is 0 Å². The number of rotatable bonds is 8. The first-order chi connectivity index (χ1) is 10.7. The van der Waals surface area contributed by atoms with Gasteiger partial charge in [-0.2, -0.15) is 5.26 Å². The lowest BCUT2D eigenvalue weighted by Gasteiger charge is -2.34. The standard InChI is InChI=1S/C14H25N5O3/c15-1-2-17-3-5-18(6-4-17)12-13(11-16)14(22)19(7-9-20)8-10-21/h12,20-21H,1-10,15H2/b13-12-. The highest BCUT2D eigenvalue weighted by Crippen LogP contribution is 2.07. The van der Waals surface area contributed by atoms with Crippen molar-refractivity contribution in [1.29, 1.82) is 5.26 Å². The van der Waals surface area contributed by atoms with Crippen molar-refractivity contribution in [1.82, 2.24) is 14.7 Å². The molecular weight excluding hydrogens is 286 g/mol. The molecule has 1 rings (SSSR count). The van der Waals surface area contributed by atoms with Crippen molar-refractivity contribution in [3.8, 4) is 6.07 Å². The molecule has 1 heterocycles. The molecular formula is C14H25N5O3. The largest absolute Gasteiger partial charge is 0.395 e. The molecule has 4 N–H and O–H groups in total. The smallest absolute Gasteiger partial charge is 0.266 e. The molecule has 0 aliphatic carbocycles. The predicted octanol–water partition coefficient (Wildman–Crippen LogP) is -2.22. The zero-order valence-corrected chi connectivity index (χ0v) is 12.8. The molecule has 1 aliphatic rings. The third-order valence-electron chi connectivity index (χ3n) is 3.54. The normalized spacial score (nSPS) is 16.5. The number of amides is 1. The summed E-state index contributed by atoms with van der Waals surface area (Å²) in [6.07, 6.45) is 1.57. The maximum atomic E-state index is 12.3. The maximum absolute atomic E-state index is 12.3. The quantitative estimate of drug-likeness (QED) is 0.343. The van der Waals surface area contributed by atoms with Gasteiger partial charge in [0.1, 0.15) is 11.6 Å². The predicted molar refractivity (Wildman–Crippen MR) is 81.5 cm³/mol. The fraction of sp³-hybridized carbons (Fsp3) is 0.714. The SMILES string of the molecule is N#C/C(=C/N1CCN(CCN)CC1)C(=O)N(CCO)CCO. The van der Waals surface area contributed by atoms with E-state index in [1.165, 1.54) is 4.90 Å². The first-order valence-corrected chi connectivity index (χ1v) is 7.45. The van der Waals surface area contributed by atoms with Crippen LogP contribution in [0.4, 0.5) is 0 Å². The van der Waals surface area contributed by atoms with Crippen molar-refractivity contribution in [3.05, 3.63) is 11.8 Å². The molecule has 22 heavy (non-hydrogen) atoms. The summed E-state index contributed by atoms with van der Waals surface area (Å²) in [6, 6.07) is 1.91. The Kier molecular flexibility index (Phi) is 8.47. The molecule has 1 amide bonds. The molecule has 0 unspecified atom stereocenters. The highest BCUT2D eigenvalue weighted by atomic mass is 16.3. The van der Waals surface area contributed by atoms with Crippen LogP contribution in [0.3, 0.4) is 0 Å². The Morgan fingerprint density at radius 2 is 1.82 bits per heavy atom. The van der Waals surface area contributed by atoms with Gasteiger partial charge in [0, 0.05) is 58.6 Å². The van der Waals surface area contributed by atoms with E-state index in [1.807, 2.05) is 11.0 Å². The summed E-state index contributed by atoms with van der Waals surface area (Å²) < 4.78 is 0. The van der Waals surface area contributed by atoms with Gasteiger partial charge in [-0.25, -0.2) is 0 Å². The topological polar surface area (TPSA) is 117 Å². The molecule has 0 saturated carbocycles. The van der Waals surface area contributed by atoms with Crippen LogP contribution in [-0.2, 0) is 4.79 Å². The average molecular weight is 311 g/mol. The second kappa shape index (κ2) is 10.1. The molecule has 1 saturated heterocycles. The lowest BCUT2D eigenvalue weighted by Crippen LogP contribution is -2.46. The van der Waals surface area contributed by atoms with E-state index in [0.29, 0.717) is 6.54 Å².